The summed E-state index contributed by atoms with van der Waals surface area (Å²) in [6.45, 7) is 6.73. The maximum Gasteiger partial charge on any atom is 0.116 e. The van der Waals surface area contributed by atoms with Gasteiger partial charge < -0.3 is 5.11 Å². The van der Waals surface area contributed by atoms with E-state index in [9.17, 15) is 9.50 Å². The number of halogens is 4. The smallest absolute Gasteiger partial charge is 0.116 e. The van der Waals surface area contributed by atoms with Gasteiger partial charge in [-0.3, -0.25) is 0 Å². The molecule has 0 radical (unpaired) electrons. The highest BCUT2D eigenvalue weighted by atomic mass is 79.9. The summed E-state index contributed by atoms with van der Waals surface area (Å²) in [7, 11) is 0. The quantitative estimate of drug-likeness (QED) is 0.517. The molecule has 2 aromatic rings. The lowest BCUT2D eigenvalue weighted by molar-refractivity contribution is 0.217. The summed E-state index contributed by atoms with van der Waals surface area (Å²) in [5, 5.41) is 13.6. The second-order valence-corrected chi connectivity index (χ2v) is 7.32. The van der Waals surface area contributed by atoms with Gasteiger partial charge >= 0.3 is 0 Å². The average molecular weight is 453 g/mol. The van der Waals surface area contributed by atoms with Crippen LogP contribution in [0.3, 0.4) is 0 Å². The van der Waals surface area contributed by atoms with E-state index in [0.717, 1.165) is 20.6 Å². The van der Waals surface area contributed by atoms with Crippen LogP contribution >= 0.6 is 54.8 Å². The van der Waals surface area contributed by atoms with Gasteiger partial charge in [-0.2, -0.15) is 0 Å². The molecule has 1 heterocycles. The predicted molar refractivity (Wildman–Crippen MR) is 95.5 cm³/mol. The molecule has 0 aliphatic carbocycles. The van der Waals surface area contributed by atoms with Crippen LogP contribution in [-0.2, 0) is 0 Å². The van der Waals surface area contributed by atoms with Gasteiger partial charge in [0.1, 0.15) is 11.9 Å². The van der Waals surface area contributed by atoms with Gasteiger partial charge in [-0.25, -0.2) is 4.39 Å². The van der Waals surface area contributed by atoms with Gasteiger partial charge in [-0.1, -0.05) is 40.7 Å². The van der Waals surface area contributed by atoms with Crippen LogP contribution in [0.1, 0.15) is 11.7 Å². The molecular weight excluding hydrogens is 442 g/mol. The Labute approximate surface area is 147 Å². The van der Waals surface area contributed by atoms with Crippen LogP contribution < -0.4 is 0 Å². The molecular formula is C15H10Br2ClFOS. The van der Waals surface area contributed by atoms with Crippen LogP contribution in [-0.4, -0.2) is 5.11 Å². The molecule has 21 heavy (non-hydrogen) atoms. The molecule has 0 aliphatic rings. The summed E-state index contributed by atoms with van der Waals surface area (Å²) in [5.74, 6) is -0.699. The van der Waals surface area contributed by atoms with Crippen molar-refractivity contribution in [1.29, 1.82) is 0 Å². The number of hydrogen-bond donors (Lipinski definition) is 1. The summed E-state index contributed by atoms with van der Waals surface area (Å²) < 4.78 is 15.6. The average Bonchev–Trinajstić information content (AvgIpc) is 2.83. The molecule has 0 spiro atoms. The number of benzene rings is 1. The van der Waals surface area contributed by atoms with Crippen molar-refractivity contribution in [3.63, 3.8) is 0 Å². The Balaban J connectivity index is 2.64. The van der Waals surface area contributed by atoms with Crippen LogP contribution in [0.25, 0.3) is 10.1 Å². The Kier molecular flexibility index (Phi) is 5.43. The minimum absolute atomic E-state index is 0.0607. The minimum Gasteiger partial charge on any atom is -0.384 e. The molecule has 1 unspecified atom stereocenters. The van der Waals surface area contributed by atoms with Gasteiger partial charge in [0.15, 0.2) is 0 Å². The molecule has 110 valence electrons. The third-order valence-corrected chi connectivity index (χ3v) is 5.47. The second-order valence-electron chi connectivity index (χ2n) is 4.27. The van der Waals surface area contributed by atoms with Gasteiger partial charge in [0.25, 0.3) is 0 Å². The lowest BCUT2D eigenvalue weighted by Crippen LogP contribution is -2.04. The van der Waals surface area contributed by atoms with Gasteiger partial charge in [-0.15, -0.1) is 11.3 Å². The summed E-state index contributed by atoms with van der Waals surface area (Å²) in [6, 6.07) is 3.85. The lowest BCUT2D eigenvalue weighted by Gasteiger charge is -2.18. The fourth-order valence-electron chi connectivity index (χ4n) is 1.94. The Bertz CT molecular complexity index is 766. The largest absolute Gasteiger partial charge is 0.384 e. The molecule has 1 nitrogen and oxygen atoms in total. The first-order chi connectivity index (χ1) is 9.82. The van der Waals surface area contributed by atoms with E-state index in [1.807, 2.05) is 17.5 Å². The zero-order valence-corrected chi connectivity index (χ0v) is 15.4. The van der Waals surface area contributed by atoms with E-state index in [1.165, 1.54) is 0 Å². The first-order valence-electron chi connectivity index (χ1n) is 5.77. The van der Waals surface area contributed by atoms with Crippen LogP contribution in [0.4, 0.5) is 4.39 Å². The molecule has 1 aromatic carbocycles. The van der Waals surface area contributed by atoms with Crippen molar-refractivity contribution < 1.29 is 9.50 Å². The van der Waals surface area contributed by atoms with Crippen molar-refractivity contribution in [1.82, 2.24) is 0 Å². The van der Waals surface area contributed by atoms with Gasteiger partial charge in [0, 0.05) is 35.2 Å². The fourth-order valence-corrected chi connectivity index (χ4v) is 4.90. The molecule has 0 fully saturated rings. The maximum absolute atomic E-state index is 13.1. The minimum atomic E-state index is -1.13. The predicted octanol–water partition coefficient (Wildman–Crippen LogP) is 6.62. The number of fused-ring (bicyclic) bond motifs is 1. The highest BCUT2D eigenvalue weighted by molar-refractivity contribution is 9.11. The van der Waals surface area contributed by atoms with E-state index < -0.39 is 11.9 Å². The van der Waals surface area contributed by atoms with Crippen LogP contribution in [0.2, 0.25) is 0 Å². The van der Waals surface area contributed by atoms with Gasteiger partial charge in [0.05, 0.1) is 0 Å². The molecule has 0 aliphatic heterocycles. The van der Waals surface area contributed by atoms with E-state index in [0.29, 0.717) is 10.0 Å². The fraction of sp³-hybridized carbons (Fsp3) is 0.0667. The Morgan fingerprint density at radius 2 is 2.10 bits per heavy atom. The Hall–Kier alpha value is -0.460. The molecule has 2 rings (SSSR count). The number of hydrogen-bond acceptors (Lipinski definition) is 2. The number of aliphatic hydroxyl groups excluding tert-OH is 1. The first-order valence-corrected chi connectivity index (χ1v) is 8.61. The summed E-state index contributed by atoms with van der Waals surface area (Å²) >= 11 is 14.4. The van der Waals surface area contributed by atoms with Crippen LogP contribution in [0, 0.1) is 0 Å². The van der Waals surface area contributed by atoms with Crippen LogP contribution in [0.15, 0.2) is 62.1 Å². The van der Waals surface area contributed by atoms with Crippen molar-refractivity contribution in [2.24, 2.45) is 0 Å². The number of rotatable bonds is 4. The molecule has 1 N–H and O–H groups in total. The SMILES string of the molecule is C=C(F)/C=C(\C(=C)Cl)C(O)c1c(Br)cc2sccc2c1Br. The van der Waals surface area contributed by atoms with Crippen molar-refractivity contribution in [3.8, 4) is 0 Å². The first kappa shape index (κ1) is 16.9. The van der Waals surface area contributed by atoms with Crippen molar-refractivity contribution in [2.45, 2.75) is 6.10 Å². The molecule has 0 saturated carbocycles. The van der Waals surface area contributed by atoms with Crippen molar-refractivity contribution in [2.75, 3.05) is 0 Å². The Morgan fingerprint density at radius 3 is 2.67 bits per heavy atom. The highest BCUT2D eigenvalue weighted by Gasteiger charge is 2.23. The normalized spacial score (nSPS) is 13.5. The highest BCUT2D eigenvalue weighted by Crippen LogP contribution is 2.42. The van der Waals surface area contributed by atoms with E-state index in [2.05, 4.69) is 45.0 Å². The zero-order valence-electron chi connectivity index (χ0n) is 10.7. The summed E-state index contributed by atoms with van der Waals surface area (Å²) in [4.78, 5) is 0. The lowest BCUT2D eigenvalue weighted by atomic mass is 9.99. The Morgan fingerprint density at radius 1 is 1.43 bits per heavy atom. The van der Waals surface area contributed by atoms with Crippen molar-refractivity contribution in [3.05, 3.63) is 67.7 Å². The third-order valence-electron chi connectivity index (χ3n) is 2.88. The topological polar surface area (TPSA) is 20.2 Å². The molecule has 1 atom stereocenters. The number of aliphatic hydroxyl groups is 1. The summed E-state index contributed by atoms with van der Waals surface area (Å²) in [5.41, 5.74) is 0.732. The van der Waals surface area contributed by atoms with Crippen LogP contribution in [0.5, 0.6) is 0 Å². The second kappa shape index (κ2) is 6.75. The standard InChI is InChI=1S/C15H10Br2ClFOS/c1-7(19)5-10(8(2)18)15(20)13-11(16)6-12-9(14(13)17)3-4-21-12/h3-6,15,20H,1-2H2/b10-5+. The van der Waals surface area contributed by atoms with Crippen molar-refractivity contribution >= 4 is 64.9 Å². The zero-order chi connectivity index (χ0) is 15.7. The number of allylic oxidation sites excluding steroid dienone is 2. The summed E-state index contributed by atoms with van der Waals surface area (Å²) in [6.07, 6.45) is -0.0491. The number of thiophene rings is 1. The maximum atomic E-state index is 13.1. The molecule has 0 amide bonds. The van der Waals surface area contributed by atoms with E-state index in [-0.39, 0.29) is 10.6 Å². The van der Waals surface area contributed by atoms with E-state index in [4.69, 9.17) is 11.6 Å². The van der Waals surface area contributed by atoms with E-state index in [1.54, 1.807) is 11.3 Å². The molecule has 1 aromatic heterocycles. The molecule has 6 heteroatoms. The monoisotopic (exact) mass is 450 g/mol. The molecule has 0 saturated heterocycles. The van der Waals surface area contributed by atoms with Gasteiger partial charge in [0.2, 0.25) is 0 Å². The van der Waals surface area contributed by atoms with Gasteiger partial charge in [-0.05, 0) is 39.5 Å². The third kappa shape index (κ3) is 3.48. The van der Waals surface area contributed by atoms with E-state index >= 15 is 0 Å². The molecule has 0 bridgehead atoms.